The molecule has 0 aliphatic heterocycles. The number of nitrogens with one attached hydrogen (secondary N) is 1. The van der Waals surface area contributed by atoms with E-state index in [4.69, 9.17) is 0 Å². The lowest BCUT2D eigenvalue weighted by molar-refractivity contribution is 0.0599. The summed E-state index contributed by atoms with van der Waals surface area (Å²) in [4.78, 5) is 5.18. The van der Waals surface area contributed by atoms with Gasteiger partial charge in [-0.25, -0.2) is 0 Å². The zero-order valence-electron chi connectivity index (χ0n) is 10.8. The average Bonchev–Trinajstić information content (AvgIpc) is 2.50. The van der Waals surface area contributed by atoms with Gasteiger partial charge >= 0.3 is 0 Å². The van der Waals surface area contributed by atoms with Crippen molar-refractivity contribution < 1.29 is 0 Å². The van der Waals surface area contributed by atoms with E-state index in [1.807, 2.05) is 11.3 Å². The van der Waals surface area contributed by atoms with Gasteiger partial charge in [-0.3, -0.25) is 0 Å². The minimum absolute atomic E-state index is 0.420. The Labute approximate surface area is 117 Å². The van der Waals surface area contributed by atoms with Gasteiger partial charge in [0.2, 0.25) is 0 Å². The lowest BCUT2D eigenvalue weighted by atomic mass is 9.75. The summed E-state index contributed by atoms with van der Waals surface area (Å²) in [6.07, 6.45) is 4.05. The number of halogens is 1. The number of rotatable bonds is 5. The van der Waals surface area contributed by atoms with Gasteiger partial charge in [0, 0.05) is 32.9 Å². The van der Waals surface area contributed by atoms with E-state index >= 15 is 0 Å². The van der Waals surface area contributed by atoms with E-state index in [0.29, 0.717) is 5.54 Å². The third-order valence-corrected chi connectivity index (χ3v) is 6.03. The summed E-state index contributed by atoms with van der Waals surface area (Å²) in [5.74, 6) is 0. The third kappa shape index (κ3) is 2.92. The van der Waals surface area contributed by atoms with Crippen molar-refractivity contribution in [3.8, 4) is 0 Å². The predicted octanol–water partition coefficient (Wildman–Crippen LogP) is 3.39. The second-order valence-electron chi connectivity index (χ2n) is 5.19. The van der Waals surface area contributed by atoms with Gasteiger partial charge in [0.05, 0.1) is 0 Å². The highest BCUT2D eigenvalue weighted by atomic mass is 79.9. The fourth-order valence-corrected chi connectivity index (χ4v) is 3.96. The Morgan fingerprint density at radius 1 is 1.47 bits per heavy atom. The van der Waals surface area contributed by atoms with Gasteiger partial charge < -0.3 is 10.2 Å². The van der Waals surface area contributed by atoms with Crippen LogP contribution < -0.4 is 5.32 Å². The molecule has 1 aliphatic rings. The fourth-order valence-electron chi connectivity index (χ4n) is 2.39. The van der Waals surface area contributed by atoms with Gasteiger partial charge in [-0.1, -0.05) is 0 Å². The number of hydrogen-bond acceptors (Lipinski definition) is 3. The molecule has 1 saturated carbocycles. The van der Waals surface area contributed by atoms with Crippen LogP contribution in [0.25, 0.3) is 0 Å². The molecule has 1 fully saturated rings. The highest BCUT2D eigenvalue weighted by molar-refractivity contribution is 9.10. The monoisotopic (exact) mass is 316 g/mol. The molecule has 96 valence electrons. The number of hydrogen-bond donors (Lipinski definition) is 1. The van der Waals surface area contributed by atoms with Crippen LogP contribution in [0, 0.1) is 6.92 Å². The minimum Gasteiger partial charge on any atom is -0.310 e. The molecule has 1 heterocycles. The number of likely N-dealkylation sites (N-methyl/N-ethyl adjacent to an activating group) is 1. The van der Waals surface area contributed by atoms with Crippen LogP contribution in [-0.4, -0.2) is 31.1 Å². The Hall–Kier alpha value is 0.100. The quantitative estimate of drug-likeness (QED) is 0.895. The molecule has 0 aromatic carbocycles. The van der Waals surface area contributed by atoms with Crippen molar-refractivity contribution in [1.82, 2.24) is 10.2 Å². The van der Waals surface area contributed by atoms with Crippen molar-refractivity contribution in [2.24, 2.45) is 0 Å². The second kappa shape index (κ2) is 5.39. The molecule has 1 aromatic rings. The molecule has 0 atom stereocenters. The standard InChI is InChI=1S/C13H21BrN2S/c1-10-12(14)7-11(17-10)8-15-9-13(16(2)3)5-4-6-13/h7,15H,4-6,8-9H2,1-3H3. The first-order chi connectivity index (χ1) is 8.03. The molecule has 0 bridgehead atoms. The average molecular weight is 317 g/mol. The van der Waals surface area contributed by atoms with Crippen molar-refractivity contribution in [2.45, 2.75) is 38.3 Å². The molecule has 1 aromatic heterocycles. The van der Waals surface area contributed by atoms with Crippen molar-refractivity contribution in [3.05, 3.63) is 20.3 Å². The fraction of sp³-hybridized carbons (Fsp3) is 0.692. The van der Waals surface area contributed by atoms with Gasteiger partial charge in [-0.15, -0.1) is 11.3 Å². The van der Waals surface area contributed by atoms with Gasteiger partial charge in [-0.05, 0) is 62.3 Å². The van der Waals surface area contributed by atoms with Crippen LogP contribution in [0.2, 0.25) is 0 Å². The molecule has 0 amide bonds. The lowest BCUT2D eigenvalue weighted by Gasteiger charge is -2.47. The van der Waals surface area contributed by atoms with Crippen LogP contribution in [0.15, 0.2) is 10.5 Å². The molecule has 0 spiro atoms. The highest BCUT2D eigenvalue weighted by Crippen LogP contribution is 2.35. The highest BCUT2D eigenvalue weighted by Gasteiger charge is 2.38. The summed E-state index contributed by atoms with van der Waals surface area (Å²) in [5, 5.41) is 3.61. The van der Waals surface area contributed by atoms with E-state index in [-0.39, 0.29) is 0 Å². The Morgan fingerprint density at radius 3 is 2.59 bits per heavy atom. The molecule has 2 nitrogen and oxygen atoms in total. The lowest BCUT2D eigenvalue weighted by Crippen LogP contribution is -2.56. The molecule has 1 aliphatic carbocycles. The summed E-state index contributed by atoms with van der Waals surface area (Å²) in [6, 6.07) is 2.23. The number of thiophene rings is 1. The molecule has 0 radical (unpaired) electrons. The first kappa shape index (κ1) is 13.5. The SMILES string of the molecule is Cc1sc(CNCC2(N(C)C)CCC2)cc1Br. The Balaban J connectivity index is 1.83. The van der Waals surface area contributed by atoms with E-state index in [2.05, 4.69) is 53.2 Å². The Bertz CT molecular complexity index is 363. The summed E-state index contributed by atoms with van der Waals surface area (Å²) in [7, 11) is 4.40. The maximum atomic E-state index is 3.61. The second-order valence-corrected chi connectivity index (χ2v) is 7.39. The molecule has 2 rings (SSSR count). The van der Waals surface area contributed by atoms with Crippen LogP contribution in [0.4, 0.5) is 0 Å². The van der Waals surface area contributed by atoms with E-state index in [1.165, 1.54) is 33.5 Å². The molecular weight excluding hydrogens is 296 g/mol. The van der Waals surface area contributed by atoms with E-state index in [9.17, 15) is 0 Å². The summed E-state index contributed by atoms with van der Waals surface area (Å²) < 4.78 is 1.24. The molecule has 1 N–H and O–H groups in total. The van der Waals surface area contributed by atoms with Crippen molar-refractivity contribution in [3.63, 3.8) is 0 Å². The van der Waals surface area contributed by atoms with E-state index in [1.54, 1.807) is 0 Å². The third-order valence-electron chi connectivity index (χ3n) is 3.89. The Kier molecular flexibility index (Phi) is 4.29. The van der Waals surface area contributed by atoms with Crippen LogP contribution in [0.1, 0.15) is 29.0 Å². The van der Waals surface area contributed by atoms with Crippen molar-refractivity contribution in [2.75, 3.05) is 20.6 Å². The molecule has 0 unspecified atom stereocenters. The summed E-state index contributed by atoms with van der Waals surface area (Å²) >= 11 is 5.45. The first-order valence-electron chi connectivity index (χ1n) is 6.16. The van der Waals surface area contributed by atoms with Gasteiger partial charge in [0.1, 0.15) is 0 Å². The molecular formula is C13H21BrN2S. The smallest absolute Gasteiger partial charge is 0.0328 e. The first-order valence-corrected chi connectivity index (χ1v) is 7.77. The van der Waals surface area contributed by atoms with Crippen LogP contribution in [0.3, 0.4) is 0 Å². The van der Waals surface area contributed by atoms with Gasteiger partial charge in [0.25, 0.3) is 0 Å². The Morgan fingerprint density at radius 2 is 2.18 bits per heavy atom. The largest absolute Gasteiger partial charge is 0.310 e. The predicted molar refractivity (Wildman–Crippen MR) is 78.7 cm³/mol. The molecule has 17 heavy (non-hydrogen) atoms. The molecule has 4 heteroatoms. The summed E-state index contributed by atoms with van der Waals surface area (Å²) in [6.45, 7) is 4.26. The molecule has 0 saturated heterocycles. The minimum atomic E-state index is 0.420. The zero-order chi connectivity index (χ0) is 12.5. The van der Waals surface area contributed by atoms with Crippen molar-refractivity contribution in [1.29, 1.82) is 0 Å². The van der Waals surface area contributed by atoms with Gasteiger partial charge in [0.15, 0.2) is 0 Å². The van der Waals surface area contributed by atoms with Crippen LogP contribution in [0.5, 0.6) is 0 Å². The normalized spacial score (nSPS) is 18.4. The van der Waals surface area contributed by atoms with Crippen molar-refractivity contribution >= 4 is 27.3 Å². The number of nitrogens with zero attached hydrogens (tertiary/aromatic N) is 1. The van der Waals surface area contributed by atoms with Gasteiger partial charge in [-0.2, -0.15) is 0 Å². The van der Waals surface area contributed by atoms with Crippen LogP contribution in [-0.2, 0) is 6.54 Å². The van der Waals surface area contributed by atoms with Crippen LogP contribution >= 0.6 is 27.3 Å². The maximum absolute atomic E-state index is 3.61. The maximum Gasteiger partial charge on any atom is 0.0328 e. The number of aryl methyl sites for hydroxylation is 1. The zero-order valence-corrected chi connectivity index (χ0v) is 13.2. The summed E-state index contributed by atoms with van der Waals surface area (Å²) in [5.41, 5.74) is 0.420. The topological polar surface area (TPSA) is 15.3 Å². The van der Waals surface area contributed by atoms with E-state index in [0.717, 1.165) is 13.1 Å². The van der Waals surface area contributed by atoms with E-state index < -0.39 is 0 Å².